The van der Waals surface area contributed by atoms with Gasteiger partial charge in [-0.1, -0.05) is 5.92 Å². The molecule has 0 bridgehead atoms. The lowest BCUT2D eigenvalue weighted by Crippen LogP contribution is -2.44. The van der Waals surface area contributed by atoms with Gasteiger partial charge in [0.25, 0.3) is 11.5 Å². The largest absolute Gasteiger partial charge is 0.444 e. The van der Waals surface area contributed by atoms with E-state index >= 15 is 0 Å². The van der Waals surface area contributed by atoms with Crippen LogP contribution >= 0.6 is 0 Å². The lowest BCUT2D eigenvalue weighted by Gasteiger charge is -2.32. The van der Waals surface area contributed by atoms with E-state index in [1.165, 1.54) is 0 Å². The number of terminal acetylenes is 1. The van der Waals surface area contributed by atoms with Gasteiger partial charge in [0.1, 0.15) is 5.60 Å². The van der Waals surface area contributed by atoms with Crippen LogP contribution in [0.2, 0.25) is 0 Å². The molecule has 39 heavy (non-hydrogen) atoms. The van der Waals surface area contributed by atoms with E-state index in [4.69, 9.17) is 11.2 Å². The number of amides is 2. The number of rotatable bonds is 7. The van der Waals surface area contributed by atoms with Crippen LogP contribution < -0.4 is 21.5 Å². The Bertz CT molecular complexity index is 1310. The van der Waals surface area contributed by atoms with Crippen LogP contribution in [0.1, 0.15) is 103 Å². The molecule has 210 valence electrons. The topological polar surface area (TPSA) is 112 Å². The van der Waals surface area contributed by atoms with Crippen molar-refractivity contribution >= 4 is 12.0 Å². The maximum atomic E-state index is 13.2. The van der Waals surface area contributed by atoms with Gasteiger partial charge < -0.3 is 25.7 Å². The molecule has 8 nitrogen and oxygen atoms in total. The number of aromatic amines is 1. The predicted molar refractivity (Wildman–Crippen MR) is 154 cm³/mol. The molecule has 1 heterocycles. The fourth-order valence-corrected chi connectivity index (χ4v) is 5.19. The molecule has 1 aliphatic carbocycles. The summed E-state index contributed by atoms with van der Waals surface area (Å²) in [5.74, 6) is 2.40. The van der Waals surface area contributed by atoms with Gasteiger partial charge >= 0.3 is 6.09 Å². The molecule has 1 aromatic carbocycles. The molecule has 0 spiro atoms. The fourth-order valence-electron chi connectivity index (χ4n) is 5.19. The fraction of sp³-hybridized carbons (Fsp3) is 0.516. The Kier molecular flexibility index (Phi) is 9.63. The second-order valence-electron chi connectivity index (χ2n) is 11.6. The third-order valence-corrected chi connectivity index (χ3v) is 7.18. The van der Waals surface area contributed by atoms with Gasteiger partial charge in [0.05, 0.1) is 0 Å². The highest BCUT2D eigenvalue weighted by Gasteiger charge is 2.26. The van der Waals surface area contributed by atoms with E-state index in [2.05, 4.69) is 33.8 Å². The number of nitrogens with one attached hydrogen (secondary N) is 4. The van der Waals surface area contributed by atoms with Gasteiger partial charge in [-0.3, -0.25) is 9.59 Å². The van der Waals surface area contributed by atoms with Gasteiger partial charge in [-0.15, -0.1) is 6.42 Å². The van der Waals surface area contributed by atoms with Gasteiger partial charge in [0.15, 0.2) is 0 Å². The van der Waals surface area contributed by atoms with Crippen molar-refractivity contribution in [3.05, 3.63) is 67.6 Å². The number of carbonyl (C=O) groups is 2. The number of carbonyl (C=O) groups excluding carboxylic acids is 2. The molecular weight excluding hydrogens is 492 g/mol. The van der Waals surface area contributed by atoms with Crippen LogP contribution in [0, 0.1) is 33.1 Å². The highest BCUT2D eigenvalue weighted by molar-refractivity contribution is 5.96. The Labute approximate surface area is 231 Å². The van der Waals surface area contributed by atoms with Crippen LogP contribution in [0.15, 0.2) is 23.0 Å². The summed E-state index contributed by atoms with van der Waals surface area (Å²) in [7, 11) is 0. The minimum atomic E-state index is -0.518. The number of alkyl carbamates (subject to hydrolysis) is 1. The lowest BCUT2D eigenvalue weighted by molar-refractivity contribution is 0.0489. The van der Waals surface area contributed by atoms with E-state index < -0.39 is 5.60 Å². The van der Waals surface area contributed by atoms with Crippen molar-refractivity contribution in [2.75, 3.05) is 0 Å². The Hall–Kier alpha value is -3.57. The second-order valence-corrected chi connectivity index (χ2v) is 11.6. The molecular formula is C31H42N4O4. The first kappa shape index (κ1) is 30.0. The standard InChI is InChI=1S/C31H42N4O4/c1-9-22-15-25(21(5)34-23-10-12-24(13-11-23)35-30(38)39-31(6,7)8)20(4)26(16-22)28(36)32-17-27-18(2)14-19(3)33-29(27)37/h1,14-16,21,23-24,34H,10-13,17H2,2-8H3,(H,32,36)(H,33,37)(H,35,38). The summed E-state index contributed by atoms with van der Waals surface area (Å²) in [6, 6.07) is 5.90. The number of ether oxygens (including phenoxy) is 1. The van der Waals surface area contributed by atoms with E-state index in [0.29, 0.717) is 16.7 Å². The molecule has 0 saturated heterocycles. The molecule has 4 N–H and O–H groups in total. The van der Waals surface area contributed by atoms with Gasteiger partial charge in [-0.2, -0.15) is 0 Å². The average Bonchev–Trinajstić information content (AvgIpc) is 2.83. The number of H-pyrrole nitrogens is 1. The molecule has 0 aliphatic heterocycles. The van der Waals surface area contributed by atoms with Gasteiger partial charge in [0.2, 0.25) is 0 Å². The molecule has 2 aromatic rings. The van der Waals surface area contributed by atoms with Gasteiger partial charge in [-0.25, -0.2) is 4.79 Å². The zero-order valence-corrected chi connectivity index (χ0v) is 24.2. The number of pyridine rings is 1. The first-order chi connectivity index (χ1) is 18.3. The molecule has 1 unspecified atom stereocenters. The van der Waals surface area contributed by atoms with Crippen LogP contribution in [0.25, 0.3) is 0 Å². The molecule has 1 aromatic heterocycles. The van der Waals surface area contributed by atoms with Crippen LogP contribution in [-0.2, 0) is 11.3 Å². The molecule has 1 atom stereocenters. The smallest absolute Gasteiger partial charge is 0.407 e. The van der Waals surface area contributed by atoms with E-state index in [1.807, 2.05) is 53.7 Å². The molecule has 1 aliphatic rings. The summed E-state index contributed by atoms with van der Waals surface area (Å²) in [6.07, 6.45) is 8.91. The molecule has 1 saturated carbocycles. The van der Waals surface area contributed by atoms with Crippen LogP contribution in [0.4, 0.5) is 4.79 Å². The minimum absolute atomic E-state index is 0.0348. The molecule has 8 heteroatoms. The maximum Gasteiger partial charge on any atom is 0.407 e. The lowest BCUT2D eigenvalue weighted by atomic mass is 9.89. The Morgan fingerprint density at radius 1 is 1.10 bits per heavy atom. The Morgan fingerprint density at radius 3 is 2.33 bits per heavy atom. The van der Waals surface area contributed by atoms with Crippen LogP contribution in [0.5, 0.6) is 0 Å². The van der Waals surface area contributed by atoms with Gasteiger partial charge in [0, 0.05) is 47.1 Å². The van der Waals surface area contributed by atoms with Gasteiger partial charge in [-0.05, 0) is 109 Å². The Balaban J connectivity index is 1.66. The van der Waals surface area contributed by atoms with Crippen LogP contribution in [0.3, 0.4) is 0 Å². The Morgan fingerprint density at radius 2 is 1.74 bits per heavy atom. The van der Waals surface area contributed by atoms with Crippen molar-refractivity contribution in [3.8, 4) is 12.3 Å². The SMILES string of the molecule is C#Cc1cc(C(=O)NCc2c(C)cc(C)[nH]c2=O)c(C)c(C(C)NC2CCC(NC(=O)OC(C)(C)C)CC2)c1. The second kappa shape index (κ2) is 12.5. The van der Waals surface area contributed by atoms with E-state index in [1.54, 1.807) is 6.07 Å². The summed E-state index contributed by atoms with van der Waals surface area (Å²) in [5, 5.41) is 9.57. The summed E-state index contributed by atoms with van der Waals surface area (Å²) in [5.41, 5.74) is 4.38. The quantitative estimate of drug-likeness (QED) is 0.385. The highest BCUT2D eigenvalue weighted by Crippen LogP contribution is 2.27. The van der Waals surface area contributed by atoms with E-state index in [-0.39, 0.29) is 42.2 Å². The van der Waals surface area contributed by atoms with Crippen molar-refractivity contribution < 1.29 is 14.3 Å². The first-order valence-corrected chi connectivity index (χ1v) is 13.6. The number of benzene rings is 1. The highest BCUT2D eigenvalue weighted by atomic mass is 16.6. The van der Waals surface area contributed by atoms with Crippen LogP contribution in [-0.4, -0.2) is 34.7 Å². The van der Waals surface area contributed by atoms with Crippen molar-refractivity contribution in [2.24, 2.45) is 0 Å². The predicted octanol–water partition coefficient (Wildman–Crippen LogP) is 4.70. The average molecular weight is 535 g/mol. The third kappa shape index (κ3) is 8.21. The number of hydrogen-bond acceptors (Lipinski definition) is 5. The number of hydrogen-bond donors (Lipinski definition) is 4. The van der Waals surface area contributed by atoms with Crippen molar-refractivity contribution in [2.45, 2.75) is 104 Å². The van der Waals surface area contributed by atoms with E-state index in [0.717, 1.165) is 48.1 Å². The first-order valence-electron chi connectivity index (χ1n) is 13.6. The number of aryl methyl sites for hydroxylation is 2. The summed E-state index contributed by atoms with van der Waals surface area (Å²) >= 11 is 0. The summed E-state index contributed by atoms with van der Waals surface area (Å²) in [6.45, 7) is 13.4. The van der Waals surface area contributed by atoms with Crippen molar-refractivity contribution in [3.63, 3.8) is 0 Å². The minimum Gasteiger partial charge on any atom is -0.444 e. The molecule has 2 amide bonds. The molecule has 0 radical (unpaired) electrons. The third-order valence-electron chi connectivity index (χ3n) is 7.18. The summed E-state index contributed by atoms with van der Waals surface area (Å²) in [4.78, 5) is 40.5. The maximum absolute atomic E-state index is 13.2. The molecule has 1 fully saturated rings. The zero-order chi connectivity index (χ0) is 28.9. The zero-order valence-electron chi connectivity index (χ0n) is 24.2. The summed E-state index contributed by atoms with van der Waals surface area (Å²) < 4.78 is 5.38. The van der Waals surface area contributed by atoms with Crippen molar-refractivity contribution in [1.29, 1.82) is 0 Å². The van der Waals surface area contributed by atoms with E-state index in [9.17, 15) is 14.4 Å². The van der Waals surface area contributed by atoms with Crippen molar-refractivity contribution in [1.82, 2.24) is 20.9 Å². The normalized spacial score (nSPS) is 18.1. The monoisotopic (exact) mass is 534 g/mol. The molecule has 3 rings (SSSR count). The number of aromatic nitrogens is 1.